The average molecular weight is 874 g/mol. The second kappa shape index (κ2) is 29.6. The number of benzene rings is 1. The van der Waals surface area contributed by atoms with Crippen LogP contribution in [0.1, 0.15) is 117 Å². The van der Waals surface area contributed by atoms with E-state index in [1.165, 1.54) is 54.5 Å². The molecule has 0 heterocycles. The number of nitrogens with one attached hydrogen (secondary N) is 1. The zero-order chi connectivity index (χ0) is 46.7. The molecule has 0 saturated carbocycles. The summed E-state index contributed by atoms with van der Waals surface area (Å²) >= 11 is 0. The third-order valence-electron chi connectivity index (χ3n) is 9.34. The number of hydrogen-bond acceptors (Lipinski definition) is 13. The fraction of sp³-hybridized carbons (Fsp3) is 0.622. The molecule has 0 fully saturated rings. The highest BCUT2D eigenvalue weighted by atomic mass is 16.7. The SMILES string of the molecule is CC#CCOc1ccc(C[C@H](NC(=O)C(/C=C/CCCCCCC(=O)CCCCCCC)C(O)(CC(=O)O[C@H](C)OC(=O)N(C)C)C(=O)O)C(=O)O[C@H](C)OC(=O)N(C)C)cc1. The highest BCUT2D eigenvalue weighted by Crippen LogP contribution is 2.27. The van der Waals surface area contributed by atoms with Gasteiger partial charge >= 0.3 is 30.1 Å². The van der Waals surface area contributed by atoms with Crippen molar-refractivity contribution >= 4 is 41.8 Å². The Kier molecular flexibility index (Phi) is 26.0. The quantitative estimate of drug-likeness (QED) is 0.0279. The molecule has 1 aromatic rings. The van der Waals surface area contributed by atoms with E-state index in [9.17, 15) is 43.8 Å². The summed E-state index contributed by atoms with van der Waals surface area (Å²) < 4.78 is 26.1. The number of carbonyl (C=O) groups excluding carboxylic acids is 6. The van der Waals surface area contributed by atoms with Crippen molar-refractivity contribution in [1.29, 1.82) is 0 Å². The molecule has 3 amide bonds. The Labute approximate surface area is 365 Å². The highest BCUT2D eigenvalue weighted by molar-refractivity contribution is 5.95. The van der Waals surface area contributed by atoms with Crippen LogP contribution in [0.5, 0.6) is 5.75 Å². The fourth-order valence-electron chi connectivity index (χ4n) is 5.84. The molecule has 3 N–H and O–H groups in total. The zero-order valence-electron chi connectivity index (χ0n) is 37.6. The summed E-state index contributed by atoms with van der Waals surface area (Å²) in [4.78, 5) is 92.2. The van der Waals surface area contributed by atoms with Gasteiger partial charge in [-0.25, -0.2) is 19.2 Å². The van der Waals surface area contributed by atoms with Gasteiger partial charge in [-0.1, -0.05) is 75.7 Å². The number of rotatable bonds is 29. The van der Waals surface area contributed by atoms with Crippen LogP contribution < -0.4 is 10.1 Å². The molecule has 0 bridgehead atoms. The van der Waals surface area contributed by atoms with Gasteiger partial charge in [0.2, 0.25) is 18.5 Å². The van der Waals surface area contributed by atoms with E-state index in [2.05, 4.69) is 24.1 Å². The Balaban J connectivity index is 3.37. The number of aliphatic hydroxyl groups is 1. The Bertz CT molecular complexity index is 1680. The van der Waals surface area contributed by atoms with Gasteiger partial charge in [-0.3, -0.25) is 14.4 Å². The lowest BCUT2D eigenvalue weighted by Crippen LogP contribution is -2.56. The van der Waals surface area contributed by atoms with Gasteiger partial charge in [0.05, 0.1) is 12.3 Å². The number of Topliss-reactive ketones (excluding diaryl/α,β-unsaturated/α-hetero) is 1. The van der Waals surface area contributed by atoms with Gasteiger partial charge in [0.25, 0.3) is 0 Å². The molecular weight excluding hydrogens is 807 g/mol. The molecule has 1 aromatic carbocycles. The van der Waals surface area contributed by atoms with Gasteiger partial charge in [0.1, 0.15) is 24.2 Å². The number of nitrogens with zero attached hydrogens (tertiary/aromatic N) is 2. The Morgan fingerprint density at radius 1 is 0.790 bits per heavy atom. The number of hydrogen-bond donors (Lipinski definition) is 3. The molecule has 62 heavy (non-hydrogen) atoms. The molecule has 17 nitrogen and oxygen atoms in total. The summed E-state index contributed by atoms with van der Waals surface area (Å²) in [5.74, 6) is -1.29. The van der Waals surface area contributed by atoms with E-state index >= 15 is 0 Å². The lowest BCUT2D eigenvalue weighted by molar-refractivity contribution is -0.183. The van der Waals surface area contributed by atoms with Gasteiger partial charge in [-0.05, 0) is 50.3 Å². The predicted molar refractivity (Wildman–Crippen MR) is 228 cm³/mol. The lowest BCUT2D eigenvalue weighted by Gasteiger charge is -2.31. The molecular formula is C45H67N3O14. The van der Waals surface area contributed by atoms with E-state index in [1.54, 1.807) is 31.2 Å². The summed E-state index contributed by atoms with van der Waals surface area (Å²) in [7, 11) is 5.63. The summed E-state index contributed by atoms with van der Waals surface area (Å²) in [6.07, 6.45) is 6.18. The molecule has 17 heteroatoms. The minimum atomic E-state index is -3.14. The van der Waals surface area contributed by atoms with Crippen LogP contribution >= 0.6 is 0 Å². The van der Waals surface area contributed by atoms with Crippen molar-refractivity contribution in [2.45, 2.75) is 142 Å². The molecule has 346 valence electrons. The normalized spacial score (nSPS) is 13.8. The van der Waals surface area contributed by atoms with Crippen LogP contribution in [0.3, 0.4) is 0 Å². The number of carbonyl (C=O) groups is 7. The number of amides is 3. The second-order valence-electron chi connectivity index (χ2n) is 15.2. The van der Waals surface area contributed by atoms with Crippen LogP contribution in [0.2, 0.25) is 0 Å². The van der Waals surface area contributed by atoms with Crippen molar-refractivity contribution in [2.75, 3.05) is 34.8 Å². The van der Waals surface area contributed by atoms with Crippen LogP contribution in [0.25, 0.3) is 0 Å². The maximum Gasteiger partial charge on any atom is 0.412 e. The Morgan fingerprint density at radius 2 is 1.34 bits per heavy atom. The number of carboxylic acid groups (broad SMARTS) is 1. The summed E-state index contributed by atoms with van der Waals surface area (Å²) in [6, 6.07) is 4.93. The molecule has 0 aliphatic heterocycles. The number of unbranched alkanes of at least 4 members (excludes halogenated alkanes) is 8. The van der Waals surface area contributed by atoms with Crippen molar-refractivity contribution in [3.63, 3.8) is 0 Å². The monoisotopic (exact) mass is 873 g/mol. The topological polar surface area (TPSA) is 225 Å². The maximum absolute atomic E-state index is 14.2. The van der Waals surface area contributed by atoms with Crippen molar-refractivity contribution in [3.8, 4) is 17.6 Å². The van der Waals surface area contributed by atoms with Crippen molar-refractivity contribution in [3.05, 3.63) is 42.0 Å². The average Bonchev–Trinajstić information content (AvgIpc) is 3.20. The van der Waals surface area contributed by atoms with Crippen molar-refractivity contribution in [2.24, 2.45) is 5.92 Å². The molecule has 0 aliphatic rings. The third kappa shape index (κ3) is 21.8. The van der Waals surface area contributed by atoms with Crippen LogP contribution in [0.15, 0.2) is 36.4 Å². The van der Waals surface area contributed by atoms with Gasteiger partial charge in [-0.2, -0.15) is 0 Å². The third-order valence-corrected chi connectivity index (χ3v) is 9.34. The maximum atomic E-state index is 14.2. The summed E-state index contributed by atoms with van der Waals surface area (Å²) in [6.45, 7) is 6.44. The number of aliphatic carboxylic acids is 1. The molecule has 1 rings (SSSR count). The zero-order valence-corrected chi connectivity index (χ0v) is 37.6. The molecule has 0 radical (unpaired) electrons. The molecule has 0 aliphatic carbocycles. The van der Waals surface area contributed by atoms with Crippen LogP contribution in [-0.2, 0) is 49.3 Å². The molecule has 0 saturated heterocycles. The second-order valence-corrected chi connectivity index (χ2v) is 15.2. The van der Waals surface area contributed by atoms with E-state index in [1.807, 2.05) is 0 Å². The van der Waals surface area contributed by atoms with Gasteiger partial charge in [0, 0.05) is 61.3 Å². The molecule has 0 spiro atoms. The van der Waals surface area contributed by atoms with E-state index in [-0.39, 0.29) is 18.8 Å². The standard InChI is InChI=1S/C45H67N3O14/c1-9-11-13-16-19-22-35(49)23-20-17-14-15-18-21-24-37(45(57,42(53)54)31-39(50)59-32(3)61-43(55)47(5)6)40(51)46-38(41(52)60-33(4)62-44(56)48(7)8)30-34-25-27-36(28-26-34)58-29-12-10-2/h21,24-28,32-33,37-38,57H,9,11,13-20,22-23,29-31H2,1-8H3,(H,46,51)(H,53,54)/b24-21+/t32-,33-,37?,38-,45?/m0/s1. The number of ketones is 1. The smallest absolute Gasteiger partial charge is 0.412 e. The van der Waals surface area contributed by atoms with Crippen LogP contribution in [0, 0.1) is 17.8 Å². The highest BCUT2D eigenvalue weighted by Gasteiger charge is 2.50. The molecule has 2 unspecified atom stereocenters. The van der Waals surface area contributed by atoms with Gasteiger partial charge in [0.15, 0.2) is 5.60 Å². The molecule has 5 atom stereocenters. The number of carboxylic acids is 1. The van der Waals surface area contributed by atoms with Gasteiger partial charge < -0.3 is 49.0 Å². The van der Waals surface area contributed by atoms with E-state index in [4.69, 9.17) is 23.7 Å². The number of allylic oxidation sites excluding steroid dienone is 1. The minimum Gasteiger partial charge on any atom is -0.481 e. The molecule has 0 aromatic heterocycles. The number of esters is 2. The lowest BCUT2D eigenvalue weighted by atomic mass is 9.82. The van der Waals surface area contributed by atoms with Crippen LogP contribution in [0.4, 0.5) is 9.59 Å². The first-order valence-electron chi connectivity index (χ1n) is 21.1. The first kappa shape index (κ1) is 54.4. The number of ether oxygens (including phenoxy) is 5. The summed E-state index contributed by atoms with van der Waals surface area (Å²) in [5, 5.41) is 24.5. The van der Waals surface area contributed by atoms with Gasteiger partial charge in [-0.15, -0.1) is 5.92 Å². The van der Waals surface area contributed by atoms with Crippen LogP contribution in [-0.4, -0.2) is 121 Å². The van der Waals surface area contributed by atoms with E-state index in [0.717, 1.165) is 60.8 Å². The van der Waals surface area contributed by atoms with E-state index < -0.39 is 72.6 Å². The van der Waals surface area contributed by atoms with E-state index in [0.29, 0.717) is 37.0 Å². The predicted octanol–water partition coefficient (Wildman–Crippen LogP) is 5.94. The summed E-state index contributed by atoms with van der Waals surface area (Å²) in [5.41, 5.74) is -2.64. The first-order valence-corrected chi connectivity index (χ1v) is 21.1. The fourth-order valence-corrected chi connectivity index (χ4v) is 5.84. The Morgan fingerprint density at radius 3 is 1.87 bits per heavy atom. The van der Waals surface area contributed by atoms with Crippen molar-refractivity contribution in [1.82, 2.24) is 15.1 Å². The largest absolute Gasteiger partial charge is 0.481 e. The first-order chi connectivity index (χ1) is 29.3. The van der Waals surface area contributed by atoms with Crippen molar-refractivity contribution < 1.29 is 67.5 Å². The Hall–Kier alpha value is -5.63. The minimum absolute atomic E-state index is 0.139.